The molecule has 2 aliphatic heterocycles. The first-order chi connectivity index (χ1) is 9.25. The molecule has 1 unspecified atom stereocenters. The van der Waals surface area contributed by atoms with Crippen molar-refractivity contribution in [1.29, 1.82) is 0 Å². The summed E-state index contributed by atoms with van der Waals surface area (Å²) in [5.74, 6) is 0.492. The Morgan fingerprint density at radius 2 is 2.11 bits per heavy atom. The van der Waals surface area contributed by atoms with Gasteiger partial charge < -0.3 is 10.1 Å². The average molecular weight is 281 g/mol. The molecule has 2 heterocycles. The standard InChI is InChI=1S/C14H17ClN2O2/c15-11-2-1-3-12(8-11)17-13(9-19-14(17)18)10-4-6-16-7-5-10/h1-3,8,10,13,16H,4-7,9H2. The first-order valence-electron chi connectivity index (χ1n) is 6.68. The minimum Gasteiger partial charge on any atom is -0.447 e. The maximum absolute atomic E-state index is 12.0. The molecule has 102 valence electrons. The van der Waals surface area contributed by atoms with Crippen LogP contribution in [-0.2, 0) is 4.74 Å². The summed E-state index contributed by atoms with van der Waals surface area (Å²) in [5.41, 5.74) is 0.832. The minimum atomic E-state index is -0.259. The van der Waals surface area contributed by atoms with Crippen molar-refractivity contribution >= 4 is 23.4 Å². The van der Waals surface area contributed by atoms with Gasteiger partial charge in [-0.15, -0.1) is 0 Å². The molecule has 0 aliphatic carbocycles. The van der Waals surface area contributed by atoms with Crippen LogP contribution in [0.3, 0.4) is 0 Å². The quantitative estimate of drug-likeness (QED) is 0.906. The molecule has 19 heavy (non-hydrogen) atoms. The zero-order valence-electron chi connectivity index (χ0n) is 10.6. The Morgan fingerprint density at radius 1 is 1.32 bits per heavy atom. The van der Waals surface area contributed by atoms with Crippen molar-refractivity contribution in [2.45, 2.75) is 18.9 Å². The van der Waals surface area contributed by atoms with E-state index in [9.17, 15) is 4.79 Å². The van der Waals surface area contributed by atoms with Crippen LogP contribution in [0.25, 0.3) is 0 Å². The smallest absolute Gasteiger partial charge is 0.414 e. The van der Waals surface area contributed by atoms with E-state index in [0.717, 1.165) is 31.6 Å². The van der Waals surface area contributed by atoms with Gasteiger partial charge in [-0.2, -0.15) is 0 Å². The van der Waals surface area contributed by atoms with Gasteiger partial charge in [0.1, 0.15) is 6.61 Å². The number of benzene rings is 1. The molecule has 0 saturated carbocycles. The largest absolute Gasteiger partial charge is 0.447 e. The number of rotatable bonds is 2. The Kier molecular flexibility index (Phi) is 3.62. The van der Waals surface area contributed by atoms with Crippen LogP contribution in [0.4, 0.5) is 10.5 Å². The molecule has 2 fully saturated rings. The summed E-state index contributed by atoms with van der Waals surface area (Å²) in [7, 11) is 0. The van der Waals surface area contributed by atoms with E-state index in [0.29, 0.717) is 17.5 Å². The van der Waals surface area contributed by atoms with Gasteiger partial charge in [0, 0.05) is 10.7 Å². The molecular formula is C14H17ClN2O2. The van der Waals surface area contributed by atoms with Crippen molar-refractivity contribution in [3.63, 3.8) is 0 Å². The Morgan fingerprint density at radius 3 is 2.84 bits per heavy atom. The first kappa shape index (κ1) is 12.8. The maximum Gasteiger partial charge on any atom is 0.414 e. The number of hydrogen-bond donors (Lipinski definition) is 1. The van der Waals surface area contributed by atoms with E-state index in [1.165, 1.54) is 0 Å². The number of hydrogen-bond acceptors (Lipinski definition) is 3. The molecule has 0 radical (unpaired) electrons. The molecule has 1 atom stereocenters. The van der Waals surface area contributed by atoms with Crippen molar-refractivity contribution in [2.75, 3.05) is 24.6 Å². The molecule has 2 aliphatic rings. The average Bonchev–Trinajstić information content (AvgIpc) is 2.82. The lowest BCUT2D eigenvalue weighted by Gasteiger charge is -2.32. The van der Waals surface area contributed by atoms with E-state index in [2.05, 4.69) is 5.32 Å². The highest BCUT2D eigenvalue weighted by Gasteiger charge is 2.39. The topological polar surface area (TPSA) is 41.6 Å². The number of anilines is 1. The number of nitrogens with one attached hydrogen (secondary N) is 1. The Balaban J connectivity index is 1.85. The van der Waals surface area contributed by atoms with Crippen molar-refractivity contribution in [3.05, 3.63) is 29.3 Å². The number of nitrogens with zero attached hydrogens (tertiary/aromatic N) is 1. The fraction of sp³-hybridized carbons (Fsp3) is 0.500. The molecular weight excluding hydrogens is 264 g/mol. The van der Waals surface area contributed by atoms with Crippen molar-refractivity contribution < 1.29 is 9.53 Å². The maximum atomic E-state index is 12.0. The molecule has 1 aromatic rings. The van der Waals surface area contributed by atoms with Gasteiger partial charge in [-0.25, -0.2) is 4.79 Å². The molecule has 0 aromatic heterocycles. The highest BCUT2D eigenvalue weighted by atomic mass is 35.5. The van der Waals surface area contributed by atoms with E-state index in [1.807, 2.05) is 24.3 Å². The van der Waals surface area contributed by atoms with E-state index >= 15 is 0 Å². The molecule has 5 heteroatoms. The van der Waals surface area contributed by atoms with Crippen LogP contribution in [0.15, 0.2) is 24.3 Å². The molecule has 4 nitrogen and oxygen atoms in total. The summed E-state index contributed by atoms with van der Waals surface area (Å²) >= 11 is 6.02. The molecule has 1 N–H and O–H groups in total. The zero-order valence-corrected chi connectivity index (χ0v) is 11.4. The summed E-state index contributed by atoms with van der Waals surface area (Å²) in [6.07, 6.45) is 1.90. The van der Waals surface area contributed by atoms with Crippen molar-refractivity contribution in [2.24, 2.45) is 5.92 Å². The van der Waals surface area contributed by atoms with Crippen LogP contribution in [-0.4, -0.2) is 31.8 Å². The second-order valence-corrected chi connectivity index (χ2v) is 5.52. The van der Waals surface area contributed by atoms with Gasteiger partial charge in [0.05, 0.1) is 6.04 Å². The monoisotopic (exact) mass is 280 g/mol. The lowest BCUT2D eigenvalue weighted by molar-refractivity contribution is 0.174. The van der Waals surface area contributed by atoms with Gasteiger partial charge in [-0.05, 0) is 50.0 Å². The summed E-state index contributed by atoms with van der Waals surface area (Å²) in [6, 6.07) is 7.54. The predicted octanol–water partition coefficient (Wildman–Crippen LogP) is 2.66. The predicted molar refractivity (Wildman–Crippen MR) is 74.7 cm³/mol. The molecule has 1 amide bonds. The van der Waals surface area contributed by atoms with Crippen LogP contribution in [0.5, 0.6) is 0 Å². The van der Waals surface area contributed by atoms with Crippen molar-refractivity contribution in [1.82, 2.24) is 5.32 Å². The number of carbonyl (C=O) groups is 1. The van der Waals surface area contributed by atoms with Gasteiger partial charge in [0.25, 0.3) is 0 Å². The van der Waals surface area contributed by atoms with Gasteiger partial charge in [-0.3, -0.25) is 4.90 Å². The molecule has 0 bridgehead atoms. The van der Waals surface area contributed by atoms with E-state index < -0.39 is 0 Å². The lowest BCUT2D eigenvalue weighted by Crippen LogP contribution is -2.43. The highest BCUT2D eigenvalue weighted by molar-refractivity contribution is 6.30. The second kappa shape index (κ2) is 5.39. The van der Waals surface area contributed by atoms with Crippen LogP contribution >= 0.6 is 11.6 Å². The third-order valence-electron chi connectivity index (χ3n) is 3.92. The van der Waals surface area contributed by atoms with Gasteiger partial charge >= 0.3 is 6.09 Å². The highest BCUT2D eigenvalue weighted by Crippen LogP contribution is 2.31. The normalized spacial score (nSPS) is 24.6. The Hall–Kier alpha value is -1.26. The third kappa shape index (κ3) is 2.55. The number of amides is 1. The summed E-state index contributed by atoms with van der Waals surface area (Å²) in [4.78, 5) is 13.7. The van der Waals surface area contributed by atoms with Crippen LogP contribution in [0, 0.1) is 5.92 Å². The van der Waals surface area contributed by atoms with Crippen LogP contribution < -0.4 is 10.2 Å². The Bertz CT molecular complexity index is 474. The lowest BCUT2D eigenvalue weighted by atomic mass is 9.90. The van der Waals surface area contributed by atoms with E-state index in [4.69, 9.17) is 16.3 Å². The van der Waals surface area contributed by atoms with Gasteiger partial charge in [0.2, 0.25) is 0 Å². The van der Waals surface area contributed by atoms with Gasteiger partial charge in [-0.1, -0.05) is 17.7 Å². The number of piperidine rings is 1. The molecule has 0 spiro atoms. The second-order valence-electron chi connectivity index (χ2n) is 5.08. The third-order valence-corrected chi connectivity index (χ3v) is 4.16. The fourth-order valence-corrected chi connectivity index (χ4v) is 3.12. The van der Waals surface area contributed by atoms with E-state index in [-0.39, 0.29) is 12.1 Å². The van der Waals surface area contributed by atoms with Crippen molar-refractivity contribution in [3.8, 4) is 0 Å². The molecule has 1 aromatic carbocycles. The number of ether oxygens (including phenoxy) is 1. The first-order valence-corrected chi connectivity index (χ1v) is 7.06. The fourth-order valence-electron chi connectivity index (χ4n) is 2.93. The number of carbonyl (C=O) groups excluding carboxylic acids is 1. The summed E-state index contributed by atoms with van der Waals surface area (Å²) < 4.78 is 5.25. The SMILES string of the molecule is O=C1OCC(C2CCNCC2)N1c1cccc(Cl)c1. The Labute approximate surface area is 117 Å². The number of halogens is 1. The number of cyclic esters (lactones) is 1. The molecule has 2 saturated heterocycles. The van der Waals surface area contributed by atoms with E-state index in [1.54, 1.807) is 4.90 Å². The van der Waals surface area contributed by atoms with Crippen LogP contribution in [0.1, 0.15) is 12.8 Å². The minimum absolute atomic E-state index is 0.132. The zero-order chi connectivity index (χ0) is 13.2. The van der Waals surface area contributed by atoms with Gasteiger partial charge in [0.15, 0.2) is 0 Å². The summed E-state index contributed by atoms with van der Waals surface area (Å²) in [6.45, 7) is 2.51. The summed E-state index contributed by atoms with van der Waals surface area (Å²) in [5, 5.41) is 3.99. The van der Waals surface area contributed by atoms with Crippen LogP contribution in [0.2, 0.25) is 5.02 Å². The molecule has 3 rings (SSSR count).